The molecule has 1 atom stereocenters. The van der Waals surface area contributed by atoms with Gasteiger partial charge in [0.1, 0.15) is 10.7 Å². The Morgan fingerprint density at radius 1 is 1.27 bits per heavy atom. The second kappa shape index (κ2) is 6.22. The van der Waals surface area contributed by atoms with E-state index in [0.29, 0.717) is 28.9 Å². The van der Waals surface area contributed by atoms with Crippen LogP contribution in [0.1, 0.15) is 34.8 Å². The fraction of sp³-hybridized carbons (Fsp3) is 0.278. The first kappa shape index (κ1) is 16.7. The van der Waals surface area contributed by atoms with Crippen molar-refractivity contribution in [3.63, 3.8) is 0 Å². The van der Waals surface area contributed by atoms with E-state index in [9.17, 15) is 9.59 Å². The van der Waals surface area contributed by atoms with Crippen molar-refractivity contribution in [1.82, 2.24) is 20.3 Å². The summed E-state index contributed by atoms with van der Waals surface area (Å²) >= 11 is 1.54. The van der Waals surface area contributed by atoms with E-state index in [4.69, 9.17) is 4.42 Å². The molecule has 0 amide bonds. The van der Waals surface area contributed by atoms with Crippen molar-refractivity contribution in [3.05, 3.63) is 60.9 Å². The third-order valence-electron chi connectivity index (χ3n) is 4.56. The number of thiophene rings is 1. The van der Waals surface area contributed by atoms with Crippen molar-refractivity contribution in [3.8, 4) is 0 Å². The van der Waals surface area contributed by atoms with Crippen LogP contribution in [0.3, 0.4) is 0 Å². The van der Waals surface area contributed by atoms with Crippen LogP contribution in [-0.2, 0) is 6.54 Å². The molecule has 0 radical (unpaired) electrons. The lowest BCUT2D eigenvalue weighted by Crippen LogP contribution is -2.23. The van der Waals surface area contributed by atoms with Gasteiger partial charge in [-0.25, -0.2) is 9.78 Å². The maximum Gasteiger partial charge on any atom is 0.417 e. The predicted molar refractivity (Wildman–Crippen MR) is 102 cm³/mol. The molecule has 0 saturated heterocycles. The number of hydrogen-bond acceptors (Lipinski definition) is 6. The van der Waals surface area contributed by atoms with Gasteiger partial charge in [-0.3, -0.25) is 9.78 Å². The van der Waals surface area contributed by atoms with E-state index < -0.39 is 5.76 Å². The van der Waals surface area contributed by atoms with Crippen molar-refractivity contribution < 1.29 is 4.42 Å². The van der Waals surface area contributed by atoms with Crippen LogP contribution in [-0.4, -0.2) is 15.0 Å². The Bertz CT molecular complexity index is 1230. The largest absolute Gasteiger partial charge is 0.417 e. The van der Waals surface area contributed by atoms with Gasteiger partial charge in [0.15, 0.2) is 5.58 Å². The first-order chi connectivity index (χ1) is 12.4. The molecule has 4 aromatic rings. The van der Waals surface area contributed by atoms with Gasteiger partial charge in [-0.1, -0.05) is 6.07 Å². The van der Waals surface area contributed by atoms with Crippen LogP contribution in [0.25, 0.3) is 21.3 Å². The summed E-state index contributed by atoms with van der Waals surface area (Å²) in [7, 11) is 0. The van der Waals surface area contributed by atoms with E-state index in [1.54, 1.807) is 6.07 Å². The first-order valence-electron chi connectivity index (χ1n) is 8.27. The van der Waals surface area contributed by atoms with Crippen molar-refractivity contribution >= 4 is 32.7 Å². The molecule has 0 aliphatic heterocycles. The summed E-state index contributed by atoms with van der Waals surface area (Å²) in [4.78, 5) is 35.7. The van der Waals surface area contributed by atoms with Gasteiger partial charge in [-0.05, 0) is 44.0 Å². The summed E-state index contributed by atoms with van der Waals surface area (Å²) in [6, 6.07) is 5.39. The van der Waals surface area contributed by atoms with Gasteiger partial charge >= 0.3 is 5.76 Å². The highest BCUT2D eigenvalue weighted by molar-refractivity contribution is 7.18. The molecule has 0 aliphatic rings. The number of nitrogens with one attached hydrogen (secondary N) is 3. The second-order valence-electron chi connectivity index (χ2n) is 6.36. The zero-order chi connectivity index (χ0) is 18.4. The molecule has 1 aromatic carbocycles. The minimum atomic E-state index is -0.463. The minimum absolute atomic E-state index is 0.0992. The second-order valence-corrected chi connectivity index (χ2v) is 7.57. The maximum atomic E-state index is 12.4. The summed E-state index contributed by atoms with van der Waals surface area (Å²) in [5.74, 6) is 0.150. The number of aryl methyl sites for hydroxylation is 2. The van der Waals surface area contributed by atoms with Crippen LogP contribution < -0.4 is 16.6 Å². The highest BCUT2D eigenvalue weighted by atomic mass is 32.1. The molecule has 0 spiro atoms. The topological polar surface area (TPSA) is 104 Å². The number of benzene rings is 1. The highest BCUT2D eigenvalue weighted by Gasteiger charge is 2.15. The van der Waals surface area contributed by atoms with Gasteiger partial charge < -0.3 is 14.7 Å². The normalized spacial score (nSPS) is 12.9. The van der Waals surface area contributed by atoms with Crippen molar-refractivity contribution in [2.45, 2.75) is 33.4 Å². The minimum Gasteiger partial charge on any atom is -0.408 e. The van der Waals surface area contributed by atoms with Crippen LogP contribution in [0.4, 0.5) is 0 Å². The zero-order valence-corrected chi connectivity index (χ0v) is 15.4. The number of aromatic nitrogens is 3. The fourth-order valence-corrected chi connectivity index (χ4v) is 3.99. The lowest BCUT2D eigenvalue weighted by atomic mass is 10.2. The molecule has 3 aromatic heterocycles. The van der Waals surface area contributed by atoms with E-state index in [1.165, 1.54) is 11.3 Å². The maximum absolute atomic E-state index is 12.4. The molecule has 26 heavy (non-hydrogen) atoms. The summed E-state index contributed by atoms with van der Waals surface area (Å²) in [5.41, 5.74) is 3.09. The van der Waals surface area contributed by atoms with E-state index >= 15 is 0 Å². The molecule has 0 fully saturated rings. The summed E-state index contributed by atoms with van der Waals surface area (Å²) in [6.07, 6.45) is 0. The highest BCUT2D eigenvalue weighted by Crippen LogP contribution is 2.26. The van der Waals surface area contributed by atoms with E-state index in [1.807, 2.05) is 32.9 Å². The van der Waals surface area contributed by atoms with Crippen LogP contribution in [0, 0.1) is 13.8 Å². The molecule has 0 aliphatic carbocycles. The number of oxazole rings is 1. The number of fused-ring (bicyclic) bond motifs is 2. The zero-order valence-electron chi connectivity index (χ0n) is 14.6. The molecule has 7 nitrogen and oxygen atoms in total. The Balaban J connectivity index is 1.57. The Hall–Kier alpha value is -2.71. The third-order valence-corrected chi connectivity index (χ3v) is 5.66. The average Bonchev–Trinajstić information content (AvgIpc) is 3.11. The Morgan fingerprint density at radius 3 is 2.88 bits per heavy atom. The lowest BCUT2D eigenvalue weighted by Gasteiger charge is -2.13. The van der Waals surface area contributed by atoms with E-state index in [0.717, 1.165) is 20.8 Å². The van der Waals surface area contributed by atoms with Gasteiger partial charge in [0, 0.05) is 11.4 Å². The van der Waals surface area contributed by atoms with E-state index in [-0.39, 0.29) is 11.6 Å². The van der Waals surface area contributed by atoms with Gasteiger partial charge in [0.2, 0.25) is 0 Å². The lowest BCUT2D eigenvalue weighted by molar-refractivity contribution is 0.546. The van der Waals surface area contributed by atoms with E-state index in [2.05, 4.69) is 20.3 Å². The molecule has 134 valence electrons. The Kier molecular flexibility index (Phi) is 4.01. The van der Waals surface area contributed by atoms with Crippen LogP contribution >= 0.6 is 11.3 Å². The van der Waals surface area contributed by atoms with Crippen LogP contribution in [0.5, 0.6) is 0 Å². The molecular formula is C18H18N4O3S. The van der Waals surface area contributed by atoms with Gasteiger partial charge in [0.05, 0.1) is 16.9 Å². The number of aromatic amines is 2. The van der Waals surface area contributed by atoms with Gasteiger partial charge in [-0.15, -0.1) is 11.3 Å². The quantitative estimate of drug-likeness (QED) is 0.512. The third kappa shape index (κ3) is 2.87. The summed E-state index contributed by atoms with van der Waals surface area (Å²) < 4.78 is 5.00. The molecule has 4 rings (SSSR count). The monoisotopic (exact) mass is 370 g/mol. The molecule has 0 bridgehead atoms. The fourth-order valence-electron chi connectivity index (χ4n) is 2.95. The molecule has 1 unspecified atom stereocenters. The Labute approximate surface area is 152 Å². The van der Waals surface area contributed by atoms with Crippen molar-refractivity contribution in [2.24, 2.45) is 0 Å². The summed E-state index contributed by atoms with van der Waals surface area (Å²) in [6.45, 7) is 6.46. The van der Waals surface area contributed by atoms with Gasteiger partial charge in [-0.2, -0.15) is 0 Å². The van der Waals surface area contributed by atoms with Crippen molar-refractivity contribution in [2.75, 3.05) is 0 Å². The molecule has 3 N–H and O–H groups in total. The molecule has 3 heterocycles. The predicted octanol–water partition coefficient (Wildman–Crippen LogP) is 2.89. The number of hydrogen-bond donors (Lipinski definition) is 3. The summed E-state index contributed by atoms with van der Waals surface area (Å²) in [5, 5.41) is 4.03. The number of H-pyrrole nitrogens is 2. The first-order valence-corrected chi connectivity index (χ1v) is 9.09. The van der Waals surface area contributed by atoms with Crippen molar-refractivity contribution in [1.29, 1.82) is 0 Å². The smallest absolute Gasteiger partial charge is 0.408 e. The SMILES string of the molecule is Cc1sc2nc(C(C)NCc3ccc4oc(=O)[nH]c4c3)[nH]c(=O)c2c1C. The number of nitrogens with zero attached hydrogens (tertiary/aromatic N) is 1. The average molecular weight is 370 g/mol. The molecule has 0 saturated carbocycles. The standard InChI is InChI=1S/C18H18N4O3S/c1-8-10(3)26-17-14(8)16(23)21-15(22-17)9(2)19-7-11-4-5-13-12(6-11)20-18(24)25-13/h4-6,9,19H,7H2,1-3H3,(H,20,24)(H,21,22,23). The van der Waals surface area contributed by atoms with Crippen LogP contribution in [0.2, 0.25) is 0 Å². The molecule has 8 heteroatoms. The Morgan fingerprint density at radius 2 is 2.08 bits per heavy atom. The molecular weight excluding hydrogens is 352 g/mol. The number of rotatable bonds is 4. The van der Waals surface area contributed by atoms with Crippen LogP contribution in [0.15, 0.2) is 32.2 Å². The van der Waals surface area contributed by atoms with Gasteiger partial charge in [0.25, 0.3) is 5.56 Å².